The maximum atomic E-state index is 5.72. The van der Waals surface area contributed by atoms with Crippen LogP contribution in [0, 0.1) is 5.92 Å². The Bertz CT molecular complexity index is 193. The van der Waals surface area contributed by atoms with Crippen molar-refractivity contribution in [2.24, 2.45) is 11.7 Å². The molecule has 1 aliphatic carbocycles. The molecule has 2 aliphatic rings. The molecule has 1 saturated heterocycles. The molecule has 0 aromatic heterocycles. The summed E-state index contributed by atoms with van der Waals surface area (Å²) in [5, 5.41) is 0. The van der Waals surface area contributed by atoms with Crippen LogP contribution in [0.1, 0.15) is 51.9 Å². The highest BCUT2D eigenvalue weighted by Crippen LogP contribution is 2.35. The third-order valence-corrected chi connectivity index (χ3v) is 4.44. The third kappa shape index (κ3) is 2.54. The van der Waals surface area contributed by atoms with Gasteiger partial charge in [0.15, 0.2) is 0 Å². The van der Waals surface area contributed by atoms with E-state index in [4.69, 9.17) is 5.73 Å². The van der Waals surface area contributed by atoms with E-state index < -0.39 is 0 Å². The monoisotopic (exact) mass is 210 g/mol. The highest BCUT2D eigenvalue weighted by atomic mass is 15.2. The van der Waals surface area contributed by atoms with Crippen molar-refractivity contribution in [1.82, 2.24) is 4.90 Å². The van der Waals surface area contributed by atoms with E-state index in [-0.39, 0.29) is 0 Å². The molecule has 1 heterocycles. The van der Waals surface area contributed by atoms with Crippen LogP contribution in [0.4, 0.5) is 0 Å². The molecule has 88 valence electrons. The summed E-state index contributed by atoms with van der Waals surface area (Å²) in [6, 6.07) is 1.69. The zero-order valence-electron chi connectivity index (χ0n) is 10.1. The summed E-state index contributed by atoms with van der Waals surface area (Å²) in [5.41, 5.74) is 5.72. The number of hydrogen-bond acceptors (Lipinski definition) is 2. The Labute approximate surface area is 94.2 Å². The second kappa shape index (κ2) is 5.31. The number of likely N-dealkylation sites (tertiary alicyclic amines) is 1. The van der Waals surface area contributed by atoms with Crippen LogP contribution in [0.5, 0.6) is 0 Å². The fourth-order valence-electron chi connectivity index (χ4n) is 3.62. The first-order valence-electron chi connectivity index (χ1n) is 6.78. The molecule has 0 spiro atoms. The maximum absolute atomic E-state index is 5.72. The minimum Gasteiger partial charge on any atom is -0.330 e. The predicted octanol–water partition coefficient (Wildman–Crippen LogP) is 2.38. The number of nitrogens with two attached hydrogens (primary N) is 1. The molecule has 0 bridgehead atoms. The zero-order chi connectivity index (χ0) is 10.7. The second-order valence-electron chi connectivity index (χ2n) is 5.42. The molecular formula is C13H26N2. The van der Waals surface area contributed by atoms with E-state index >= 15 is 0 Å². The van der Waals surface area contributed by atoms with Gasteiger partial charge >= 0.3 is 0 Å². The van der Waals surface area contributed by atoms with Gasteiger partial charge < -0.3 is 5.73 Å². The standard InChI is InChI=1S/C13H26N2/c1-11-5-2-3-10-15(11)13-7-4-6-12(13)8-9-14/h11-13H,2-10,14H2,1H3. The summed E-state index contributed by atoms with van der Waals surface area (Å²) in [6.45, 7) is 4.63. The number of rotatable bonds is 3. The summed E-state index contributed by atoms with van der Waals surface area (Å²) < 4.78 is 0. The Morgan fingerprint density at radius 2 is 2.00 bits per heavy atom. The van der Waals surface area contributed by atoms with Crippen LogP contribution in [0.2, 0.25) is 0 Å². The summed E-state index contributed by atoms with van der Waals surface area (Å²) in [5.74, 6) is 0.899. The van der Waals surface area contributed by atoms with Gasteiger partial charge in [-0.3, -0.25) is 4.90 Å². The molecule has 0 radical (unpaired) electrons. The SMILES string of the molecule is CC1CCCCN1C1CCCC1CCN. The lowest BCUT2D eigenvalue weighted by Crippen LogP contribution is -2.46. The van der Waals surface area contributed by atoms with Crippen LogP contribution in [-0.4, -0.2) is 30.1 Å². The molecule has 2 fully saturated rings. The fraction of sp³-hybridized carbons (Fsp3) is 1.00. The zero-order valence-corrected chi connectivity index (χ0v) is 10.1. The van der Waals surface area contributed by atoms with E-state index in [0.717, 1.165) is 24.5 Å². The Balaban J connectivity index is 1.94. The lowest BCUT2D eigenvalue weighted by atomic mass is 9.93. The summed E-state index contributed by atoms with van der Waals surface area (Å²) in [7, 11) is 0. The van der Waals surface area contributed by atoms with Crippen LogP contribution in [0.3, 0.4) is 0 Å². The molecule has 2 rings (SSSR count). The van der Waals surface area contributed by atoms with Crippen molar-refractivity contribution in [3.8, 4) is 0 Å². The fourth-order valence-corrected chi connectivity index (χ4v) is 3.62. The van der Waals surface area contributed by atoms with Gasteiger partial charge in [-0.15, -0.1) is 0 Å². The molecule has 0 aromatic carbocycles. The van der Waals surface area contributed by atoms with Gasteiger partial charge in [-0.1, -0.05) is 12.8 Å². The van der Waals surface area contributed by atoms with Crippen LogP contribution in [-0.2, 0) is 0 Å². The third-order valence-electron chi connectivity index (χ3n) is 4.44. The first kappa shape index (κ1) is 11.4. The predicted molar refractivity (Wildman–Crippen MR) is 64.8 cm³/mol. The van der Waals surface area contributed by atoms with Crippen molar-refractivity contribution in [2.45, 2.75) is 64.0 Å². The summed E-state index contributed by atoms with van der Waals surface area (Å²) in [4.78, 5) is 2.79. The van der Waals surface area contributed by atoms with E-state index in [9.17, 15) is 0 Å². The number of hydrogen-bond donors (Lipinski definition) is 1. The van der Waals surface area contributed by atoms with Crippen molar-refractivity contribution < 1.29 is 0 Å². The average Bonchev–Trinajstić information content (AvgIpc) is 2.67. The number of piperidine rings is 1. The van der Waals surface area contributed by atoms with Crippen molar-refractivity contribution in [3.63, 3.8) is 0 Å². The highest BCUT2D eigenvalue weighted by Gasteiger charge is 2.34. The molecular weight excluding hydrogens is 184 g/mol. The summed E-state index contributed by atoms with van der Waals surface area (Å²) >= 11 is 0. The maximum Gasteiger partial charge on any atom is 0.0127 e. The van der Waals surface area contributed by atoms with Crippen LogP contribution >= 0.6 is 0 Å². The molecule has 3 atom stereocenters. The van der Waals surface area contributed by atoms with Crippen LogP contribution < -0.4 is 5.73 Å². The van der Waals surface area contributed by atoms with Gasteiger partial charge in [0, 0.05) is 12.1 Å². The van der Waals surface area contributed by atoms with Crippen LogP contribution in [0.15, 0.2) is 0 Å². The Kier molecular flexibility index (Phi) is 4.04. The van der Waals surface area contributed by atoms with Gasteiger partial charge in [0.2, 0.25) is 0 Å². The molecule has 1 saturated carbocycles. The van der Waals surface area contributed by atoms with Gasteiger partial charge in [-0.2, -0.15) is 0 Å². The topological polar surface area (TPSA) is 29.3 Å². The Morgan fingerprint density at radius 1 is 1.13 bits per heavy atom. The lowest BCUT2D eigenvalue weighted by Gasteiger charge is -2.40. The van der Waals surface area contributed by atoms with Crippen molar-refractivity contribution in [1.29, 1.82) is 0 Å². The molecule has 1 aliphatic heterocycles. The lowest BCUT2D eigenvalue weighted by molar-refractivity contribution is 0.0807. The molecule has 15 heavy (non-hydrogen) atoms. The molecule has 3 unspecified atom stereocenters. The minimum atomic E-state index is 0.821. The molecule has 2 nitrogen and oxygen atoms in total. The molecule has 0 aromatic rings. The van der Waals surface area contributed by atoms with E-state index in [0.29, 0.717) is 0 Å². The minimum absolute atomic E-state index is 0.821. The van der Waals surface area contributed by atoms with Crippen LogP contribution in [0.25, 0.3) is 0 Å². The quantitative estimate of drug-likeness (QED) is 0.775. The van der Waals surface area contributed by atoms with Crippen molar-refractivity contribution in [3.05, 3.63) is 0 Å². The second-order valence-corrected chi connectivity index (χ2v) is 5.42. The number of nitrogens with zero attached hydrogens (tertiary/aromatic N) is 1. The smallest absolute Gasteiger partial charge is 0.0127 e. The van der Waals surface area contributed by atoms with E-state index in [1.807, 2.05) is 0 Å². The molecule has 2 N–H and O–H groups in total. The first-order chi connectivity index (χ1) is 7.33. The van der Waals surface area contributed by atoms with Gasteiger partial charge in [0.05, 0.1) is 0 Å². The van der Waals surface area contributed by atoms with Gasteiger partial charge in [0.25, 0.3) is 0 Å². The van der Waals surface area contributed by atoms with Gasteiger partial charge in [0.1, 0.15) is 0 Å². The van der Waals surface area contributed by atoms with Crippen molar-refractivity contribution in [2.75, 3.05) is 13.1 Å². The van der Waals surface area contributed by atoms with Gasteiger partial charge in [-0.05, 0) is 58.0 Å². The van der Waals surface area contributed by atoms with Crippen molar-refractivity contribution >= 4 is 0 Å². The Hall–Kier alpha value is -0.0800. The van der Waals surface area contributed by atoms with E-state index in [1.165, 1.54) is 51.5 Å². The highest BCUT2D eigenvalue weighted by molar-refractivity contribution is 4.89. The molecule has 2 heteroatoms. The average molecular weight is 210 g/mol. The van der Waals surface area contributed by atoms with E-state index in [2.05, 4.69) is 11.8 Å². The van der Waals surface area contributed by atoms with E-state index in [1.54, 1.807) is 0 Å². The largest absolute Gasteiger partial charge is 0.330 e. The van der Waals surface area contributed by atoms with Gasteiger partial charge in [-0.25, -0.2) is 0 Å². The molecule has 0 amide bonds. The first-order valence-corrected chi connectivity index (χ1v) is 6.78. The normalized spacial score (nSPS) is 38.4. The Morgan fingerprint density at radius 3 is 2.73 bits per heavy atom. The summed E-state index contributed by atoms with van der Waals surface area (Å²) in [6.07, 6.45) is 9.78.